The second-order valence-electron chi connectivity index (χ2n) is 7.93. The van der Waals surface area contributed by atoms with E-state index < -0.39 is 0 Å². The van der Waals surface area contributed by atoms with Gasteiger partial charge in [-0.2, -0.15) is 0 Å². The lowest BCUT2D eigenvalue weighted by atomic mass is 9.96. The number of carbonyl (C=O) groups excluding carboxylic acids is 1. The van der Waals surface area contributed by atoms with Crippen LogP contribution in [0.4, 0.5) is 0 Å². The topological polar surface area (TPSA) is 51.3 Å². The van der Waals surface area contributed by atoms with Crippen molar-refractivity contribution in [3.05, 3.63) is 59.2 Å². The second-order valence-corrected chi connectivity index (χ2v) is 7.93. The fourth-order valence-corrected chi connectivity index (χ4v) is 4.24. The molecule has 0 unspecified atom stereocenters. The van der Waals surface area contributed by atoms with Gasteiger partial charge in [0.2, 0.25) is 5.91 Å². The standard InChI is InChI=1S/C24H29N3O2/c1-4-13-27-17(2)16-20(18(27)3)9-10-23(28)26-14-11-19(12-15-26)24-25-21-7-5-6-8-22(21)29-24/h5-10,16,19H,4,11-15H2,1-3H3. The van der Waals surface area contributed by atoms with Crippen molar-refractivity contribution in [3.8, 4) is 0 Å². The van der Waals surface area contributed by atoms with Crippen molar-refractivity contribution in [3.63, 3.8) is 0 Å². The number of nitrogens with zero attached hydrogens (tertiary/aromatic N) is 3. The van der Waals surface area contributed by atoms with E-state index in [0.29, 0.717) is 0 Å². The van der Waals surface area contributed by atoms with Gasteiger partial charge in [0.1, 0.15) is 5.52 Å². The van der Waals surface area contributed by atoms with Gasteiger partial charge in [0.05, 0.1) is 0 Å². The number of piperidine rings is 1. The summed E-state index contributed by atoms with van der Waals surface area (Å²) in [4.78, 5) is 19.2. The van der Waals surface area contributed by atoms with Gasteiger partial charge in [0.25, 0.3) is 0 Å². The lowest BCUT2D eigenvalue weighted by Gasteiger charge is -2.29. The van der Waals surface area contributed by atoms with Crippen molar-refractivity contribution < 1.29 is 9.21 Å². The Hall–Kier alpha value is -2.82. The van der Waals surface area contributed by atoms with E-state index >= 15 is 0 Å². The van der Waals surface area contributed by atoms with Gasteiger partial charge in [-0.05, 0) is 62.9 Å². The van der Waals surface area contributed by atoms with E-state index in [9.17, 15) is 4.79 Å². The van der Waals surface area contributed by atoms with Crippen molar-refractivity contribution in [2.24, 2.45) is 0 Å². The number of likely N-dealkylation sites (tertiary alicyclic amines) is 1. The van der Waals surface area contributed by atoms with E-state index in [1.807, 2.05) is 35.2 Å². The molecule has 0 radical (unpaired) electrons. The van der Waals surface area contributed by atoms with Gasteiger partial charge >= 0.3 is 0 Å². The zero-order valence-electron chi connectivity index (χ0n) is 17.5. The fraction of sp³-hybridized carbons (Fsp3) is 0.417. The first-order chi connectivity index (χ1) is 14.1. The predicted molar refractivity (Wildman–Crippen MR) is 116 cm³/mol. The molecule has 1 aliphatic rings. The minimum absolute atomic E-state index is 0.0845. The van der Waals surface area contributed by atoms with Gasteiger partial charge in [-0.3, -0.25) is 4.79 Å². The first-order valence-corrected chi connectivity index (χ1v) is 10.6. The summed E-state index contributed by atoms with van der Waals surface area (Å²) in [5.74, 6) is 1.17. The molecule has 3 aromatic rings. The maximum absolute atomic E-state index is 12.7. The van der Waals surface area contributed by atoms with E-state index in [1.165, 1.54) is 11.4 Å². The Bertz CT molecular complexity index is 1000. The van der Waals surface area contributed by atoms with Crippen LogP contribution in [0.3, 0.4) is 0 Å². The highest BCUT2D eigenvalue weighted by Gasteiger charge is 2.26. The largest absolute Gasteiger partial charge is 0.440 e. The number of hydrogen-bond donors (Lipinski definition) is 0. The van der Waals surface area contributed by atoms with Crippen LogP contribution in [0.1, 0.15) is 54.9 Å². The Kier molecular flexibility index (Phi) is 5.56. The molecule has 152 valence electrons. The van der Waals surface area contributed by atoms with Crippen LogP contribution in [-0.2, 0) is 11.3 Å². The normalized spacial score (nSPS) is 15.6. The number of aryl methyl sites for hydroxylation is 1. The third-order valence-corrected chi connectivity index (χ3v) is 5.93. The molecule has 5 heteroatoms. The lowest BCUT2D eigenvalue weighted by Crippen LogP contribution is -2.36. The average molecular weight is 392 g/mol. The molecule has 3 heterocycles. The number of rotatable bonds is 5. The van der Waals surface area contributed by atoms with Crippen LogP contribution < -0.4 is 0 Å². The van der Waals surface area contributed by atoms with Crippen LogP contribution in [-0.4, -0.2) is 33.4 Å². The average Bonchev–Trinajstić information content (AvgIpc) is 3.29. The number of aromatic nitrogens is 2. The van der Waals surface area contributed by atoms with Crippen molar-refractivity contribution in [2.75, 3.05) is 13.1 Å². The van der Waals surface area contributed by atoms with Gasteiger partial charge in [-0.1, -0.05) is 19.1 Å². The summed E-state index contributed by atoms with van der Waals surface area (Å²) in [6, 6.07) is 10.0. The van der Waals surface area contributed by atoms with Gasteiger partial charge in [0, 0.05) is 43.0 Å². The molecule has 1 aromatic carbocycles. The molecule has 5 nitrogen and oxygen atoms in total. The van der Waals surface area contributed by atoms with E-state index in [1.54, 1.807) is 6.08 Å². The maximum Gasteiger partial charge on any atom is 0.246 e. The first kappa shape index (κ1) is 19.5. The van der Waals surface area contributed by atoms with Crippen molar-refractivity contribution in [1.29, 1.82) is 0 Å². The smallest absolute Gasteiger partial charge is 0.246 e. The van der Waals surface area contributed by atoms with Gasteiger partial charge in [0.15, 0.2) is 11.5 Å². The van der Waals surface area contributed by atoms with E-state index in [-0.39, 0.29) is 11.8 Å². The molecule has 0 spiro atoms. The zero-order valence-corrected chi connectivity index (χ0v) is 17.5. The first-order valence-electron chi connectivity index (χ1n) is 10.6. The van der Waals surface area contributed by atoms with E-state index in [0.717, 1.165) is 61.5 Å². The molecule has 0 saturated carbocycles. The molecule has 0 bridgehead atoms. The fourth-order valence-electron chi connectivity index (χ4n) is 4.24. The van der Waals surface area contributed by atoms with Gasteiger partial charge in [-0.25, -0.2) is 4.98 Å². The van der Waals surface area contributed by atoms with E-state index in [4.69, 9.17) is 4.42 Å². The Balaban J connectivity index is 1.38. The minimum atomic E-state index is 0.0845. The summed E-state index contributed by atoms with van der Waals surface area (Å²) in [5.41, 5.74) is 5.35. The van der Waals surface area contributed by atoms with Crippen LogP contribution in [0.25, 0.3) is 17.2 Å². The highest BCUT2D eigenvalue weighted by molar-refractivity contribution is 5.92. The molecule has 1 fully saturated rings. The number of benzene rings is 1. The molecule has 0 N–H and O–H groups in total. The molecule has 4 rings (SSSR count). The van der Waals surface area contributed by atoms with Crippen LogP contribution in [0, 0.1) is 13.8 Å². The lowest BCUT2D eigenvalue weighted by molar-refractivity contribution is -0.127. The van der Waals surface area contributed by atoms with Gasteiger partial charge < -0.3 is 13.9 Å². The zero-order chi connectivity index (χ0) is 20.4. The molecule has 1 amide bonds. The quantitative estimate of drug-likeness (QED) is 0.570. The van der Waals surface area contributed by atoms with Crippen LogP contribution in [0.5, 0.6) is 0 Å². The number of carbonyl (C=O) groups is 1. The Morgan fingerprint density at radius 1 is 1.24 bits per heavy atom. The Morgan fingerprint density at radius 3 is 2.72 bits per heavy atom. The number of oxazole rings is 1. The molecular weight excluding hydrogens is 362 g/mol. The highest BCUT2D eigenvalue weighted by Crippen LogP contribution is 2.30. The summed E-state index contributed by atoms with van der Waals surface area (Å²) < 4.78 is 8.24. The molecule has 1 saturated heterocycles. The second kappa shape index (κ2) is 8.27. The molecule has 0 aliphatic carbocycles. The summed E-state index contributed by atoms with van der Waals surface area (Å²) in [5, 5.41) is 0. The summed E-state index contributed by atoms with van der Waals surface area (Å²) >= 11 is 0. The van der Waals surface area contributed by atoms with Crippen molar-refractivity contribution in [2.45, 2.75) is 52.5 Å². The number of hydrogen-bond acceptors (Lipinski definition) is 3. The molecular formula is C24H29N3O2. The number of amides is 1. The number of para-hydroxylation sites is 2. The molecule has 1 aliphatic heterocycles. The van der Waals surface area contributed by atoms with Crippen LogP contribution in [0.15, 0.2) is 40.8 Å². The summed E-state index contributed by atoms with van der Waals surface area (Å²) in [6.45, 7) is 8.92. The Labute approximate surface area is 172 Å². The highest BCUT2D eigenvalue weighted by atomic mass is 16.3. The predicted octanol–water partition coefficient (Wildman–Crippen LogP) is 5.08. The van der Waals surface area contributed by atoms with Crippen molar-refractivity contribution >= 4 is 23.1 Å². The third kappa shape index (κ3) is 4.00. The molecule has 0 atom stereocenters. The molecule has 2 aromatic heterocycles. The minimum Gasteiger partial charge on any atom is -0.440 e. The van der Waals surface area contributed by atoms with Crippen LogP contribution in [0.2, 0.25) is 0 Å². The van der Waals surface area contributed by atoms with Crippen molar-refractivity contribution in [1.82, 2.24) is 14.5 Å². The number of fused-ring (bicyclic) bond motifs is 1. The third-order valence-electron chi connectivity index (χ3n) is 5.93. The van der Waals surface area contributed by atoms with E-state index in [2.05, 4.69) is 36.4 Å². The Morgan fingerprint density at radius 2 is 2.00 bits per heavy atom. The monoisotopic (exact) mass is 391 g/mol. The summed E-state index contributed by atoms with van der Waals surface area (Å²) in [6.07, 6.45) is 6.56. The SMILES string of the molecule is CCCn1c(C)cc(C=CC(=O)N2CCC(c3nc4ccccc4o3)CC2)c1C. The van der Waals surface area contributed by atoms with Gasteiger partial charge in [-0.15, -0.1) is 0 Å². The molecule has 29 heavy (non-hydrogen) atoms. The summed E-state index contributed by atoms with van der Waals surface area (Å²) in [7, 11) is 0. The van der Waals surface area contributed by atoms with Crippen LogP contribution >= 0.6 is 0 Å². The maximum atomic E-state index is 12.7.